The molecule has 1 aromatic carbocycles. The van der Waals surface area contributed by atoms with Gasteiger partial charge in [-0.1, -0.05) is 6.92 Å². The molecule has 1 rings (SSSR count). The molecule has 0 saturated heterocycles. The highest BCUT2D eigenvalue weighted by atomic mass is 79.9. The summed E-state index contributed by atoms with van der Waals surface area (Å²) in [4.78, 5) is 12.9. The summed E-state index contributed by atoms with van der Waals surface area (Å²) in [6, 6.07) is 2.55. The smallest absolute Gasteiger partial charge is 0.306 e. The molecule has 0 aliphatic rings. The van der Waals surface area contributed by atoms with E-state index in [9.17, 15) is 13.6 Å². The summed E-state index contributed by atoms with van der Waals surface area (Å²) in [5.41, 5.74) is 0.00101. The fourth-order valence-electron chi connectivity index (χ4n) is 1.64. The first-order valence-corrected chi connectivity index (χ1v) is 6.70. The molecule has 0 aromatic heterocycles. The number of benzene rings is 1. The monoisotopic (exact) mass is 335 g/mol. The van der Waals surface area contributed by atoms with E-state index < -0.39 is 11.6 Å². The van der Waals surface area contributed by atoms with Gasteiger partial charge in [0.1, 0.15) is 11.6 Å². The van der Waals surface area contributed by atoms with E-state index in [-0.39, 0.29) is 29.0 Å². The molecule has 0 heterocycles. The van der Waals surface area contributed by atoms with Crippen LogP contribution in [0.1, 0.15) is 18.9 Å². The molecule has 0 saturated carbocycles. The zero-order valence-corrected chi connectivity index (χ0v) is 12.5. The average Bonchev–Trinajstić information content (AvgIpc) is 2.42. The minimum Gasteiger partial charge on any atom is -0.469 e. The van der Waals surface area contributed by atoms with E-state index in [1.54, 1.807) is 4.90 Å². The van der Waals surface area contributed by atoms with Gasteiger partial charge in [-0.05, 0) is 34.6 Å². The first-order valence-electron chi connectivity index (χ1n) is 5.91. The van der Waals surface area contributed by atoms with E-state index in [2.05, 4.69) is 20.7 Å². The zero-order valence-electron chi connectivity index (χ0n) is 10.9. The Labute approximate surface area is 119 Å². The molecule has 1 aromatic rings. The summed E-state index contributed by atoms with van der Waals surface area (Å²) in [6.07, 6.45) is 0.196. The van der Waals surface area contributed by atoms with Crippen molar-refractivity contribution in [2.45, 2.75) is 19.9 Å². The third-order valence-corrected chi connectivity index (χ3v) is 3.44. The van der Waals surface area contributed by atoms with E-state index in [0.717, 1.165) is 0 Å². The third-order valence-electron chi connectivity index (χ3n) is 2.83. The fraction of sp³-hybridized carbons (Fsp3) is 0.462. The normalized spacial score (nSPS) is 10.8. The van der Waals surface area contributed by atoms with Crippen LogP contribution >= 0.6 is 15.9 Å². The predicted octanol–water partition coefficient (Wildman–Crippen LogP) is 3.11. The molecule has 0 atom stereocenters. The number of ether oxygens (including phenoxy) is 1. The molecule has 0 spiro atoms. The molecule has 0 N–H and O–H groups in total. The summed E-state index contributed by atoms with van der Waals surface area (Å²) in [5.74, 6) is -1.53. The number of esters is 1. The van der Waals surface area contributed by atoms with Crippen LogP contribution in [0.15, 0.2) is 16.6 Å². The van der Waals surface area contributed by atoms with Gasteiger partial charge < -0.3 is 4.74 Å². The van der Waals surface area contributed by atoms with Crippen molar-refractivity contribution in [3.8, 4) is 0 Å². The molecule has 106 valence electrons. The second kappa shape index (κ2) is 7.55. The number of carbonyl (C=O) groups excluding carboxylic acids is 1. The maximum Gasteiger partial charge on any atom is 0.306 e. The molecule has 0 amide bonds. The van der Waals surface area contributed by atoms with Crippen molar-refractivity contribution in [2.24, 2.45) is 0 Å². The van der Waals surface area contributed by atoms with Crippen molar-refractivity contribution in [1.82, 2.24) is 4.90 Å². The Morgan fingerprint density at radius 1 is 1.42 bits per heavy atom. The maximum absolute atomic E-state index is 13.8. The average molecular weight is 336 g/mol. The summed E-state index contributed by atoms with van der Waals surface area (Å²) in [6.45, 7) is 2.96. The Morgan fingerprint density at radius 2 is 2.11 bits per heavy atom. The van der Waals surface area contributed by atoms with Gasteiger partial charge in [-0.15, -0.1) is 0 Å². The predicted molar refractivity (Wildman–Crippen MR) is 71.6 cm³/mol. The second-order valence-electron chi connectivity index (χ2n) is 4.02. The Balaban J connectivity index is 2.76. The lowest BCUT2D eigenvalue weighted by molar-refractivity contribution is -0.141. The summed E-state index contributed by atoms with van der Waals surface area (Å²) in [7, 11) is 1.31. The number of halogens is 3. The van der Waals surface area contributed by atoms with Crippen LogP contribution in [-0.2, 0) is 16.1 Å². The number of carbonyl (C=O) groups is 1. The van der Waals surface area contributed by atoms with Crippen LogP contribution in [0.4, 0.5) is 8.78 Å². The Hall–Kier alpha value is -1.01. The minimum absolute atomic E-state index is 0.00101. The topological polar surface area (TPSA) is 29.5 Å². The maximum atomic E-state index is 13.8. The molecular formula is C13H16BrF2NO2. The van der Waals surface area contributed by atoms with Gasteiger partial charge in [0.15, 0.2) is 0 Å². The Morgan fingerprint density at radius 3 is 2.68 bits per heavy atom. The quantitative estimate of drug-likeness (QED) is 0.591. The summed E-state index contributed by atoms with van der Waals surface area (Å²) >= 11 is 3.03. The number of hydrogen-bond acceptors (Lipinski definition) is 3. The molecule has 3 nitrogen and oxygen atoms in total. The van der Waals surface area contributed by atoms with Gasteiger partial charge in [0.05, 0.1) is 18.0 Å². The van der Waals surface area contributed by atoms with Gasteiger partial charge in [-0.2, -0.15) is 0 Å². The largest absolute Gasteiger partial charge is 0.469 e. The number of methoxy groups -OCH3 is 1. The van der Waals surface area contributed by atoms with Gasteiger partial charge in [-0.3, -0.25) is 9.69 Å². The van der Waals surface area contributed by atoms with Crippen LogP contribution < -0.4 is 0 Å². The van der Waals surface area contributed by atoms with Gasteiger partial charge >= 0.3 is 5.97 Å². The van der Waals surface area contributed by atoms with E-state index in [4.69, 9.17) is 0 Å². The SMILES string of the molecule is CCN(CCC(=O)OC)Cc1c(F)ccc(Br)c1F. The molecule has 0 unspecified atom stereocenters. The van der Waals surface area contributed by atoms with Crippen LogP contribution in [-0.4, -0.2) is 31.1 Å². The first kappa shape index (κ1) is 16.0. The summed E-state index contributed by atoms with van der Waals surface area (Å²) in [5, 5.41) is 0. The Kier molecular flexibility index (Phi) is 6.37. The number of hydrogen-bond donors (Lipinski definition) is 0. The van der Waals surface area contributed by atoms with Crippen LogP contribution in [0.25, 0.3) is 0 Å². The lowest BCUT2D eigenvalue weighted by Gasteiger charge is -2.20. The van der Waals surface area contributed by atoms with Crippen molar-refractivity contribution in [3.05, 3.63) is 33.8 Å². The first-order chi connectivity index (χ1) is 8.99. The highest BCUT2D eigenvalue weighted by Gasteiger charge is 2.16. The standard InChI is InChI=1S/C13H16BrF2NO2/c1-3-17(7-6-12(18)19-2)8-9-11(15)5-4-10(14)13(9)16/h4-5H,3,6-8H2,1-2H3. The van der Waals surface area contributed by atoms with Crippen molar-refractivity contribution in [1.29, 1.82) is 0 Å². The number of nitrogens with zero attached hydrogens (tertiary/aromatic N) is 1. The van der Waals surface area contributed by atoms with Crippen molar-refractivity contribution >= 4 is 21.9 Å². The van der Waals surface area contributed by atoms with Gasteiger partial charge in [0.2, 0.25) is 0 Å². The van der Waals surface area contributed by atoms with E-state index >= 15 is 0 Å². The molecule has 0 bridgehead atoms. The van der Waals surface area contributed by atoms with E-state index in [1.165, 1.54) is 19.2 Å². The van der Waals surface area contributed by atoms with Crippen LogP contribution in [0.3, 0.4) is 0 Å². The molecule has 0 aliphatic carbocycles. The summed E-state index contributed by atoms with van der Waals surface area (Å²) < 4.78 is 32.2. The second-order valence-corrected chi connectivity index (χ2v) is 4.87. The molecular weight excluding hydrogens is 320 g/mol. The Bertz CT molecular complexity index is 455. The van der Waals surface area contributed by atoms with E-state index in [0.29, 0.717) is 13.1 Å². The lowest BCUT2D eigenvalue weighted by atomic mass is 10.2. The molecule has 19 heavy (non-hydrogen) atoms. The van der Waals surface area contributed by atoms with Gasteiger partial charge in [0.25, 0.3) is 0 Å². The van der Waals surface area contributed by atoms with Gasteiger partial charge in [-0.25, -0.2) is 8.78 Å². The minimum atomic E-state index is -0.600. The van der Waals surface area contributed by atoms with Crippen molar-refractivity contribution in [3.63, 3.8) is 0 Å². The molecule has 6 heteroatoms. The highest BCUT2D eigenvalue weighted by Crippen LogP contribution is 2.22. The molecule has 0 aliphatic heterocycles. The van der Waals surface area contributed by atoms with Crippen LogP contribution in [0.2, 0.25) is 0 Å². The molecule has 0 fully saturated rings. The number of rotatable bonds is 6. The van der Waals surface area contributed by atoms with Crippen molar-refractivity contribution in [2.75, 3.05) is 20.2 Å². The van der Waals surface area contributed by atoms with Crippen LogP contribution in [0.5, 0.6) is 0 Å². The van der Waals surface area contributed by atoms with E-state index in [1.807, 2.05) is 6.92 Å². The van der Waals surface area contributed by atoms with Crippen LogP contribution in [0, 0.1) is 11.6 Å². The fourth-order valence-corrected chi connectivity index (χ4v) is 2.01. The third kappa shape index (κ3) is 4.54. The van der Waals surface area contributed by atoms with Crippen molar-refractivity contribution < 1.29 is 18.3 Å². The lowest BCUT2D eigenvalue weighted by Crippen LogP contribution is -2.27. The highest BCUT2D eigenvalue weighted by molar-refractivity contribution is 9.10. The van der Waals surface area contributed by atoms with Gasteiger partial charge in [0, 0.05) is 18.7 Å². The zero-order chi connectivity index (χ0) is 14.4. The molecule has 0 radical (unpaired) electrons.